The van der Waals surface area contributed by atoms with Crippen LogP contribution in [0.5, 0.6) is 0 Å². The Balaban J connectivity index is 0.943. The molecule has 15 heteroatoms. The molecular formula is C66H52ClN5O7S2. The quantitative estimate of drug-likeness (QED) is 0.0189. The smallest absolute Gasteiger partial charge is 0.356 e. The first-order chi connectivity index (χ1) is 39.8. The molecule has 11 rings (SSSR count). The summed E-state index contributed by atoms with van der Waals surface area (Å²) in [6.07, 6.45) is -3.11. The molecule has 12 nitrogen and oxygen atoms in total. The number of halogens is 1. The Hall–Kier alpha value is -9.08. The first-order valence-electron chi connectivity index (χ1n) is 26.1. The van der Waals surface area contributed by atoms with E-state index in [1.54, 1.807) is 35.7 Å². The molecule has 1 fully saturated rings. The number of nitrogens with zero attached hydrogens (tertiary/aromatic N) is 3. The van der Waals surface area contributed by atoms with Gasteiger partial charge >= 0.3 is 11.9 Å². The molecule has 0 bridgehead atoms. The first-order valence-corrected chi connectivity index (χ1v) is 28.6. The minimum atomic E-state index is -1.49. The molecule has 0 saturated carbocycles. The molecule has 1 saturated heterocycles. The summed E-state index contributed by atoms with van der Waals surface area (Å²) in [6, 6.07) is 75.0. The van der Waals surface area contributed by atoms with Gasteiger partial charge in [0.1, 0.15) is 28.3 Å². The number of carbonyl (C=O) groups is 4. The van der Waals surface area contributed by atoms with Crippen LogP contribution in [0.1, 0.15) is 68.5 Å². The number of ether oxygens (including phenoxy) is 2. The summed E-state index contributed by atoms with van der Waals surface area (Å²) in [5, 5.41) is 12.5. The van der Waals surface area contributed by atoms with Gasteiger partial charge in [-0.1, -0.05) is 248 Å². The van der Waals surface area contributed by atoms with Gasteiger partial charge in [0.15, 0.2) is 23.1 Å². The van der Waals surface area contributed by atoms with Crippen LogP contribution in [0.15, 0.2) is 264 Å². The van der Waals surface area contributed by atoms with Crippen molar-refractivity contribution in [1.29, 1.82) is 0 Å². The third-order valence-electron chi connectivity index (χ3n) is 14.0. The van der Waals surface area contributed by atoms with Crippen LogP contribution in [0.3, 0.4) is 0 Å². The molecule has 2 aliphatic rings. The van der Waals surface area contributed by atoms with Crippen LogP contribution >= 0.6 is 34.7 Å². The van der Waals surface area contributed by atoms with Gasteiger partial charge in [-0.15, -0.1) is 34.7 Å². The summed E-state index contributed by atoms with van der Waals surface area (Å²) in [5.74, 6) is -2.67. The Bertz CT molecular complexity index is 3500. The van der Waals surface area contributed by atoms with Crippen LogP contribution in [0.2, 0.25) is 0 Å². The summed E-state index contributed by atoms with van der Waals surface area (Å²) in [6.45, 7) is 0. The van der Waals surface area contributed by atoms with Crippen molar-refractivity contribution in [2.24, 2.45) is 5.16 Å². The van der Waals surface area contributed by atoms with E-state index in [0.29, 0.717) is 16.3 Å². The van der Waals surface area contributed by atoms with E-state index in [2.05, 4.69) is 15.8 Å². The molecular weight excluding hydrogens is 1070 g/mol. The molecule has 2 aliphatic heterocycles. The zero-order valence-electron chi connectivity index (χ0n) is 43.4. The number of thioether (sulfide) groups is 1. The number of oxime groups is 1. The maximum absolute atomic E-state index is 15.2. The van der Waals surface area contributed by atoms with E-state index in [0.717, 1.165) is 38.9 Å². The lowest BCUT2D eigenvalue weighted by molar-refractivity contribution is -0.162. The molecule has 402 valence electrons. The number of fused-ring (bicyclic) bond motifs is 1. The number of hydrogen-bond donors (Lipinski definition) is 2. The predicted octanol–water partition coefficient (Wildman–Crippen LogP) is 12.6. The largest absolute Gasteiger partial charge is 0.449 e. The number of thiazole rings is 1. The molecule has 0 spiro atoms. The number of aromatic nitrogens is 1. The lowest BCUT2D eigenvalue weighted by atomic mass is 9.77. The van der Waals surface area contributed by atoms with Crippen LogP contribution in [0.25, 0.3) is 0 Å². The number of nitrogens with one attached hydrogen (secondary N) is 2. The molecule has 3 atom stereocenters. The summed E-state index contributed by atoms with van der Waals surface area (Å²) in [5.41, 5.74) is 5.39. The summed E-state index contributed by atoms with van der Waals surface area (Å²) in [7, 11) is 0. The molecule has 9 aromatic rings. The van der Waals surface area contributed by atoms with Crippen molar-refractivity contribution in [2.75, 3.05) is 16.9 Å². The Morgan fingerprint density at radius 2 is 1.02 bits per heavy atom. The molecule has 3 heterocycles. The van der Waals surface area contributed by atoms with Crippen molar-refractivity contribution in [3.8, 4) is 0 Å². The van der Waals surface area contributed by atoms with Crippen molar-refractivity contribution in [2.45, 2.75) is 35.3 Å². The van der Waals surface area contributed by atoms with Gasteiger partial charge in [-0.25, -0.2) is 14.6 Å². The fourth-order valence-electron chi connectivity index (χ4n) is 10.1. The Kier molecular flexibility index (Phi) is 16.6. The number of carbonyl (C=O) groups excluding carboxylic acids is 4. The van der Waals surface area contributed by atoms with Crippen LogP contribution in [0, 0.1) is 0 Å². The fourth-order valence-corrected chi connectivity index (χ4v) is 12.5. The molecule has 0 radical (unpaired) electrons. The van der Waals surface area contributed by atoms with Gasteiger partial charge in [0, 0.05) is 22.6 Å². The standard InChI is InChI=1S/C66H52ClN5O7S2/c67-41-49-42-80-62-55(61(74)72(62)56(49)63(75)77-57(44-25-9-1-10-26-44)45-27-11-2-12-28-45)69-60(73)54(71-79-59(48-33-17-5-18-34-48)64(76)78-58(46-29-13-3-14-30-46)47-31-15-4-16-32-47)53-43-81-65(68-53)70-66(50-35-19-6-20-36-50,51-37-21-7-22-38-51)52-39-23-8-24-40-52/h1-40,43,55,57-59,62H,41-42H2,(H,68,70)(H,69,73)/b71-54+/t55-,59?,62-/m1/s1. The van der Waals surface area contributed by atoms with Crippen molar-refractivity contribution < 1.29 is 33.5 Å². The zero-order chi connectivity index (χ0) is 55.5. The second-order valence-corrected chi connectivity index (χ2v) is 21.3. The molecule has 81 heavy (non-hydrogen) atoms. The second kappa shape index (κ2) is 24.9. The minimum absolute atomic E-state index is 0.0285. The maximum Gasteiger partial charge on any atom is 0.356 e. The van der Waals surface area contributed by atoms with Gasteiger partial charge < -0.3 is 24.9 Å². The first kappa shape index (κ1) is 53.9. The van der Waals surface area contributed by atoms with E-state index < -0.39 is 59.0 Å². The maximum atomic E-state index is 15.2. The average molecular weight is 1130 g/mol. The van der Waals surface area contributed by atoms with Gasteiger partial charge in [0.05, 0.1) is 0 Å². The van der Waals surface area contributed by atoms with Crippen molar-refractivity contribution in [3.05, 3.63) is 310 Å². The number of rotatable bonds is 20. The van der Waals surface area contributed by atoms with Gasteiger partial charge in [-0.3, -0.25) is 14.5 Å². The Morgan fingerprint density at radius 3 is 1.47 bits per heavy atom. The van der Waals surface area contributed by atoms with E-state index in [1.807, 2.05) is 212 Å². The van der Waals surface area contributed by atoms with E-state index >= 15 is 4.79 Å². The zero-order valence-corrected chi connectivity index (χ0v) is 45.8. The third-order valence-corrected chi connectivity index (χ3v) is 16.4. The Labute approximate surface area is 482 Å². The number of amides is 2. The minimum Gasteiger partial charge on any atom is -0.449 e. The molecule has 8 aromatic carbocycles. The third kappa shape index (κ3) is 11.5. The number of esters is 2. The predicted molar refractivity (Wildman–Crippen MR) is 316 cm³/mol. The van der Waals surface area contributed by atoms with Gasteiger partial charge in [-0.05, 0) is 44.5 Å². The van der Waals surface area contributed by atoms with Gasteiger partial charge in [0.2, 0.25) is 6.10 Å². The fraction of sp³-hybridized carbons (Fsp3) is 0.121. The number of anilines is 1. The van der Waals surface area contributed by atoms with Crippen molar-refractivity contribution >= 4 is 69.3 Å². The Morgan fingerprint density at radius 1 is 0.605 bits per heavy atom. The normalized spacial score (nSPS) is 15.5. The van der Waals surface area contributed by atoms with Crippen LogP contribution in [-0.4, -0.2) is 62.4 Å². The van der Waals surface area contributed by atoms with E-state index in [-0.39, 0.29) is 28.7 Å². The summed E-state index contributed by atoms with van der Waals surface area (Å²) >= 11 is 9.09. The summed E-state index contributed by atoms with van der Waals surface area (Å²) in [4.78, 5) is 71.7. The molecule has 0 aliphatic carbocycles. The highest BCUT2D eigenvalue weighted by atomic mass is 35.5. The average Bonchev–Trinajstić information content (AvgIpc) is 3.94. The molecule has 1 unspecified atom stereocenters. The number of alkyl halides is 1. The SMILES string of the molecule is O=C(OC(c1ccccc1)c1ccccc1)C1=C(CCl)CS[C@@H]2[C@H](NC(=O)/C(=N/OC(C(=O)OC(c3ccccc3)c3ccccc3)c3ccccc3)c3csc(NC(c4ccccc4)(c4ccccc4)c4ccccc4)n3)C(=O)N12. The molecule has 2 N–H and O–H groups in total. The highest BCUT2D eigenvalue weighted by Gasteiger charge is 2.55. The highest BCUT2D eigenvalue weighted by Crippen LogP contribution is 2.43. The molecule has 2 amide bonds. The van der Waals surface area contributed by atoms with E-state index in [9.17, 15) is 14.4 Å². The topological polar surface area (TPSA) is 149 Å². The van der Waals surface area contributed by atoms with E-state index in [4.69, 9.17) is 30.9 Å². The van der Waals surface area contributed by atoms with Crippen LogP contribution in [-0.2, 0) is 39.0 Å². The monoisotopic (exact) mass is 1130 g/mol. The van der Waals surface area contributed by atoms with Gasteiger partial charge in [-0.2, -0.15) is 0 Å². The lowest BCUT2D eigenvalue weighted by Crippen LogP contribution is -2.71. The summed E-state index contributed by atoms with van der Waals surface area (Å²) < 4.78 is 12.6. The van der Waals surface area contributed by atoms with Crippen LogP contribution < -0.4 is 10.6 Å². The highest BCUT2D eigenvalue weighted by molar-refractivity contribution is 8.00. The number of hydrogen-bond acceptors (Lipinski definition) is 12. The van der Waals surface area contributed by atoms with Crippen molar-refractivity contribution in [3.63, 3.8) is 0 Å². The second-order valence-electron chi connectivity index (χ2n) is 19.0. The lowest BCUT2D eigenvalue weighted by Gasteiger charge is -2.49. The van der Waals surface area contributed by atoms with Gasteiger partial charge in [0.25, 0.3) is 11.8 Å². The van der Waals surface area contributed by atoms with Crippen molar-refractivity contribution in [1.82, 2.24) is 15.2 Å². The number of benzene rings is 8. The number of β-lactam (4-membered cyclic amide) rings is 1. The van der Waals surface area contributed by atoms with Crippen LogP contribution in [0.4, 0.5) is 5.13 Å². The van der Waals surface area contributed by atoms with E-state index in [1.165, 1.54) is 28.0 Å². The molecule has 1 aromatic heterocycles.